The predicted molar refractivity (Wildman–Crippen MR) is 209 cm³/mol. The Morgan fingerprint density at radius 2 is 1.43 bits per heavy atom. The summed E-state index contributed by atoms with van der Waals surface area (Å²) < 4.78 is 0. The lowest BCUT2D eigenvalue weighted by molar-refractivity contribution is -0.246. The van der Waals surface area contributed by atoms with Crippen molar-refractivity contribution in [1.82, 2.24) is 10.6 Å². The number of rotatable bonds is 8. The molecular weight excluding hydrogens is 659 g/mol. The molecule has 2 aromatic carbocycles. The van der Waals surface area contributed by atoms with Gasteiger partial charge in [0.25, 0.3) is 5.91 Å². The molecule has 2 unspecified atom stereocenters. The van der Waals surface area contributed by atoms with Gasteiger partial charge in [-0.05, 0) is 158 Å². The zero-order chi connectivity index (χ0) is 38.1. The molecule has 7 nitrogen and oxygen atoms in total. The summed E-state index contributed by atoms with van der Waals surface area (Å²) in [4.78, 5) is 39.4. The lowest BCUT2D eigenvalue weighted by Crippen LogP contribution is -2.67. The first-order valence-electron chi connectivity index (χ1n) is 20.4. The molecule has 0 heterocycles. The van der Waals surface area contributed by atoms with Crippen molar-refractivity contribution in [2.75, 3.05) is 0 Å². The minimum Gasteiger partial charge on any atom is -0.393 e. The molecule has 0 bridgehead atoms. The van der Waals surface area contributed by atoms with Crippen LogP contribution in [0.3, 0.4) is 0 Å². The van der Waals surface area contributed by atoms with E-state index in [9.17, 15) is 19.5 Å². The van der Waals surface area contributed by atoms with Gasteiger partial charge < -0.3 is 21.5 Å². The minimum absolute atomic E-state index is 0.0639. The molecule has 0 saturated heterocycles. The van der Waals surface area contributed by atoms with Crippen LogP contribution in [0.1, 0.15) is 138 Å². The number of benzene rings is 2. The third-order valence-corrected chi connectivity index (χ3v) is 16.8. The highest BCUT2D eigenvalue weighted by Crippen LogP contribution is 2.77. The van der Waals surface area contributed by atoms with Crippen LogP contribution in [0, 0.1) is 56.7 Å². The van der Waals surface area contributed by atoms with Crippen LogP contribution in [-0.4, -0.2) is 28.9 Å². The highest BCUT2D eigenvalue weighted by Gasteiger charge is 2.71. The van der Waals surface area contributed by atoms with E-state index >= 15 is 0 Å². The van der Waals surface area contributed by atoms with Crippen LogP contribution in [0.25, 0.3) is 0 Å². The highest BCUT2D eigenvalue weighted by atomic mass is 16.3. The normalized spacial score (nSPS) is 38.3. The van der Waals surface area contributed by atoms with Crippen LogP contribution < -0.4 is 16.4 Å². The predicted octanol–water partition coefficient (Wildman–Crippen LogP) is 8.35. The molecule has 7 heteroatoms. The smallest absolute Gasteiger partial charge is 0.251 e. The van der Waals surface area contributed by atoms with Crippen molar-refractivity contribution < 1.29 is 19.5 Å². The SMILES string of the molecule is C=C(C)[C@@H]1CC[C@]2(C(=O)NCc3cccc(C(=O)NCc4cccc(C(N)=O)c4)c3)CC[C@]3(C)C(CC[C@@H]4[C@@]5(C)CC[C@H](O)C(C)(C)C5CC[C@]43C)[C@@H]12. The molecule has 0 aliphatic heterocycles. The quantitative estimate of drug-likeness (QED) is 0.205. The molecule has 10 atom stereocenters. The van der Waals surface area contributed by atoms with E-state index in [0.29, 0.717) is 41.3 Å². The fourth-order valence-corrected chi connectivity index (χ4v) is 13.8. The number of nitrogens with one attached hydrogen (secondary N) is 2. The largest absolute Gasteiger partial charge is 0.393 e. The minimum atomic E-state index is -0.502. The molecule has 5 saturated carbocycles. The zero-order valence-corrected chi connectivity index (χ0v) is 33.0. The number of aliphatic hydroxyl groups excluding tert-OH is 1. The average Bonchev–Trinajstić information content (AvgIpc) is 3.53. The Balaban J connectivity index is 1.08. The molecule has 0 radical (unpaired) electrons. The fraction of sp³-hybridized carbons (Fsp3) is 0.630. The maximum absolute atomic E-state index is 14.7. The van der Waals surface area contributed by atoms with E-state index in [1.807, 2.05) is 24.3 Å². The summed E-state index contributed by atoms with van der Waals surface area (Å²) in [5.74, 6) is 1.69. The van der Waals surface area contributed by atoms with E-state index in [1.54, 1.807) is 24.3 Å². The van der Waals surface area contributed by atoms with Gasteiger partial charge in [-0.3, -0.25) is 14.4 Å². The molecule has 0 aromatic heterocycles. The van der Waals surface area contributed by atoms with E-state index in [2.05, 4.69) is 58.8 Å². The monoisotopic (exact) mass is 721 g/mol. The van der Waals surface area contributed by atoms with Gasteiger partial charge in [0.05, 0.1) is 11.5 Å². The second-order valence-electron chi connectivity index (χ2n) is 19.3. The summed E-state index contributed by atoms with van der Waals surface area (Å²) in [6.07, 6.45) is 10.4. The summed E-state index contributed by atoms with van der Waals surface area (Å²) in [6, 6.07) is 14.4. The van der Waals surface area contributed by atoms with E-state index < -0.39 is 11.3 Å². The Bertz CT molecular complexity index is 1800. The molecule has 2 aromatic rings. The summed E-state index contributed by atoms with van der Waals surface area (Å²) >= 11 is 0. The third kappa shape index (κ3) is 5.90. The molecule has 3 amide bonds. The summed E-state index contributed by atoms with van der Waals surface area (Å²) in [5.41, 5.74) is 9.34. The summed E-state index contributed by atoms with van der Waals surface area (Å²) in [5, 5.41) is 17.5. The lowest BCUT2D eigenvalue weighted by atomic mass is 9.32. The third-order valence-electron chi connectivity index (χ3n) is 16.8. The number of primary amides is 1. The first-order chi connectivity index (χ1) is 25.0. The van der Waals surface area contributed by atoms with Gasteiger partial charge in [0, 0.05) is 24.2 Å². The highest BCUT2D eigenvalue weighted by molar-refractivity contribution is 5.95. The molecule has 5 aliphatic carbocycles. The maximum Gasteiger partial charge on any atom is 0.251 e. The van der Waals surface area contributed by atoms with Crippen molar-refractivity contribution in [2.45, 2.75) is 125 Å². The van der Waals surface area contributed by atoms with Crippen molar-refractivity contribution in [3.05, 3.63) is 82.9 Å². The van der Waals surface area contributed by atoms with Crippen molar-refractivity contribution in [3.63, 3.8) is 0 Å². The first kappa shape index (κ1) is 37.8. The van der Waals surface area contributed by atoms with Crippen LogP contribution >= 0.6 is 0 Å². The Kier molecular flexibility index (Phi) is 9.56. The topological polar surface area (TPSA) is 122 Å². The number of aliphatic hydroxyl groups is 1. The van der Waals surface area contributed by atoms with Gasteiger partial charge in [0.15, 0.2) is 0 Å². The average molecular weight is 722 g/mol. The molecule has 7 rings (SSSR count). The number of amides is 3. The number of carbonyl (C=O) groups excluding carboxylic acids is 3. The number of carbonyl (C=O) groups is 3. The van der Waals surface area contributed by atoms with Gasteiger partial charge in [0.1, 0.15) is 0 Å². The standard InChI is InChI=1S/C46H63N3O4/c1-28(2)33-16-21-46(41(53)49-27-30-11-9-13-32(25-30)40(52)48-26-29-10-8-12-31(24-29)39(47)51)23-22-44(6)34(38(33)46)14-15-36-43(5)19-18-37(50)42(3,4)35(43)17-20-45(36,44)7/h8-13,24-25,33-38,50H,1,14-23,26-27H2,2-7H3,(H2,47,51)(H,48,52)(H,49,53)/t33-,34?,35?,36+,37-,38+,43-,44+,45+,46-/m0/s1. The fourth-order valence-electron chi connectivity index (χ4n) is 13.8. The van der Waals surface area contributed by atoms with Crippen LogP contribution in [0.2, 0.25) is 0 Å². The molecule has 5 aliphatic rings. The number of allylic oxidation sites excluding steroid dienone is 1. The molecule has 5 fully saturated rings. The van der Waals surface area contributed by atoms with Crippen molar-refractivity contribution in [2.24, 2.45) is 62.4 Å². The molecule has 53 heavy (non-hydrogen) atoms. The van der Waals surface area contributed by atoms with E-state index in [4.69, 9.17) is 5.73 Å². The van der Waals surface area contributed by atoms with Gasteiger partial charge in [-0.25, -0.2) is 0 Å². The van der Waals surface area contributed by atoms with E-state index in [1.165, 1.54) is 24.8 Å². The number of fused-ring (bicyclic) bond motifs is 7. The van der Waals surface area contributed by atoms with Gasteiger partial charge in [-0.1, -0.05) is 71.0 Å². The van der Waals surface area contributed by atoms with Gasteiger partial charge in [0.2, 0.25) is 11.8 Å². The Morgan fingerprint density at radius 1 is 0.774 bits per heavy atom. The van der Waals surface area contributed by atoms with Gasteiger partial charge >= 0.3 is 0 Å². The lowest BCUT2D eigenvalue weighted by Gasteiger charge is -2.72. The maximum atomic E-state index is 14.7. The molecule has 5 N–H and O–H groups in total. The second kappa shape index (κ2) is 13.4. The number of nitrogens with two attached hydrogens (primary N) is 1. The molecule has 286 valence electrons. The number of hydrogen-bond donors (Lipinski definition) is 4. The zero-order valence-electron chi connectivity index (χ0n) is 33.0. The number of hydrogen-bond acceptors (Lipinski definition) is 4. The van der Waals surface area contributed by atoms with Crippen molar-refractivity contribution in [3.8, 4) is 0 Å². The van der Waals surface area contributed by atoms with Gasteiger partial charge in [-0.15, -0.1) is 0 Å². The molecule has 0 spiro atoms. The van der Waals surface area contributed by atoms with E-state index in [0.717, 1.165) is 56.1 Å². The van der Waals surface area contributed by atoms with E-state index in [-0.39, 0.29) is 52.0 Å². The summed E-state index contributed by atoms with van der Waals surface area (Å²) in [7, 11) is 0. The van der Waals surface area contributed by atoms with Gasteiger partial charge in [-0.2, -0.15) is 0 Å². The Labute approximate surface area is 317 Å². The summed E-state index contributed by atoms with van der Waals surface area (Å²) in [6.45, 7) is 19.8. The Hall–Kier alpha value is -3.45. The van der Waals surface area contributed by atoms with Crippen molar-refractivity contribution >= 4 is 17.7 Å². The van der Waals surface area contributed by atoms with Crippen LogP contribution in [0.5, 0.6) is 0 Å². The first-order valence-corrected chi connectivity index (χ1v) is 20.4. The van der Waals surface area contributed by atoms with Crippen LogP contribution in [0.4, 0.5) is 0 Å². The molecular formula is C46H63N3O4. The van der Waals surface area contributed by atoms with Crippen LogP contribution in [0.15, 0.2) is 60.7 Å². The van der Waals surface area contributed by atoms with Crippen LogP contribution in [-0.2, 0) is 17.9 Å². The second-order valence-corrected chi connectivity index (χ2v) is 19.3. The van der Waals surface area contributed by atoms with Crippen molar-refractivity contribution in [1.29, 1.82) is 0 Å². The Morgan fingerprint density at radius 3 is 2.11 bits per heavy atom.